The summed E-state index contributed by atoms with van der Waals surface area (Å²) >= 11 is 0. The highest BCUT2D eigenvalue weighted by molar-refractivity contribution is 5.67. The smallest absolute Gasteiger partial charge is 0.407 e. The van der Waals surface area contributed by atoms with E-state index < -0.39 is 17.3 Å². The predicted octanol–water partition coefficient (Wildman–Crippen LogP) is 0.235. The summed E-state index contributed by atoms with van der Waals surface area (Å²) in [4.78, 5) is 11.2. The summed E-state index contributed by atoms with van der Waals surface area (Å²) in [5, 5.41) is 15.3. The van der Waals surface area contributed by atoms with E-state index in [2.05, 4.69) is 10.6 Å². The second-order valence-electron chi connectivity index (χ2n) is 5.01. The van der Waals surface area contributed by atoms with Crippen molar-refractivity contribution in [1.82, 2.24) is 10.6 Å². The number of β-amino-alcohol motifs (C(OH)–C–C–N with tert-alkyl or cyclic N) is 1. The molecule has 0 radical (unpaired) electrons. The Morgan fingerprint density at radius 1 is 1.53 bits per heavy atom. The van der Waals surface area contributed by atoms with Gasteiger partial charge in [-0.1, -0.05) is 0 Å². The molecule has 1 amide bonds. The van der Waals surface area contributed by atoms with E-state index in [9.17, 15) is 9.90 Å². The van der Waals surface area contributed by atoms with Gasteiger partial charge in [0.25, 0.3) is 0 Å². The van der Waals surface area contributed by atoms with E-state index in [1.165, 1.54) is 0 Å². The molecular weight excluding hydrogens is 196 g/mol. The number of aliphatic hydroxyl groups is 1. The van der Waals surface area contributed by atoms with Crippen LogP contribution in [0.5, 0.6) is 0 Å². The number of alkyl carbamates (subject to hydrolysis) is 1. The Labute approximate surface area is 90.2 Å². The highest BCUT2D eigenvalue weighted by Crippen LogP contribution is 2.14. The zero-order valence-corrected chi connectivity index (χ0v) is 9.59. The van der Waals surface area contributed by atoms with E-state index >= 15 is 0 Å². The predicted molar refractivity (Wildman–Crippen MR) is 56.7 cm³/mol. The van der Waals surface area contributed by atoms with Crippen molar-refractivity contribution in [3.05, 3.63) is 0 Å². The maximum atomic E-state index is 11.2. The van der Waals surface area contributed by atoms with Crippen molar-refractivity contribution in [2.45, 2.75) is 38.4 Å². The zero-order chi connectivity index (χ0) is 11.5. The van der Waals surface area contributed by atoms with Gasteiger partial charge in [0.15, 0.2) is 0 Å². The standard InChI is InChI=1S/C10H20N2O3/c1-9(2,3)15-8(13)12-5-4-10(14)6-11-7-10/h11,14H,4-7H2,1-3H3,(H,12,13). The van der Waals surface area contributed by atoms with Crippen LogP contribution in [0.1, 0.15) is 27.2 Å². The van der Waals surface area contributed by atoms with Crippen LogP contribution in [0.15, 0.2) is 0 Å². The van der Waals surface area contributed by atoms with Crippen LogP contribution in [0.4, 0.5) is 4.79 Å². The van der Waals surface area contributed by atoms with Crippen LogP contribution in [-0.4, -0.2) is 42.0 Å². The molecular formula is C10H20N2O3. The van der Waals surface area contributed by atoms with Gasteiger partial charge in [0.2, 0.25) is 0 Å². The number of hydrogen-bond donors (Lipinski definition) is 3. The highest BCUT2D eigenvalue weighted by atomic mass is 16.6. The minimum Gasteiger partial charge on any atom is -0.444 e. The molecule has 0 atom stereocenters. The molecule has 1 rings (SSSR count). The van der Waals surface area contributed by atoms with Gasteiger partial charge in [0.1, 0.15) is 5.60 Å². The van der Waals surface area contributed by atoms with E-state index in [4.69, 9.17) is 4.74 Å². The fourth-order valence-electron chi connectivity index (χ4n) is 1.30. The van der Waals surface area contributed by atoms with Crippen LogP contribution in [0.2, 0.25) is 0 Å². The van der Waals surface area contributed by atoms with Crippen molar-refractivity contribution in [3.63, 3.8) is 0 Å². The Balaban J connectivity index is 2.12. The van der Waals surface area contributed by atoms with Crippen molar-refractivity contribution in [3.8, 4) is 0 Å². The molecule has 1 aliphatic rings. The highest BCUT2D eigenvalue weighted by Gasteiger charge is 2.33. The first-order valence-corrected chi connectivity index (χ1v) is 5.21. The molecule has 3 N–H and O–H groups in total. The average molecular weight is 216 g/mol. The molecule has 0 unspecified atom stereocenters. The van der Waals surface area contributed by atoms with Gasteiger partial charge in [0, 0.05) is 19.6 Å². The number of ether oxygens (including phenoxy) is 1. The van der Waals surface area contributed by atoms with Crippen molar-refractivity contribution < 1.29 is 14.6 Å². The third-order valence-corrected chi connectivity index (χ3v) is 2.17. The lowest BCUT2D eigenvalue weighted by atomic mass is 9.93. The molecule has 1 heterocycles. The molecule has 0 aliphatic carbocycles. The summed E-state index contributed by atoms with van der Waals surface area (Å²) in [6.45, 7) is 7.08. The molecule has 1 fully saturated rings. The van der Waals surface area contributed by atoms with Gasteiger partial charge in [-0.15, -0.1) is 0 Å². The Morgan fingerprint density at radius 3 is 2.53 bits per heavy atom. The minimum absolute atomic E-state index is 0.432. The number of carbonyl (C=O) groups is 1. The van der Waals surface area contributed by atoms with E-state index in [1.54, 1.807) is 0 Å². The van der Waals surface area contributed by atoms with E-state index in [0.717, 1.165) is 0 Å². The molecule has 88 valence electrons. The first-order valence-electron chi connectivity index (χ1n) is 5.21. The lowest BCUT2D eigenvalue weighted by Gasteiger charge is -2.37. The van der Waals surface area contributed by atoms with Crippen molar-refractivity contribution in [2.75, 3.05) is 19.6 Å². The third kappa shape index (κ3) is 4.48. The van der Waals surface area contributed by atoms with Gasteiger partial charge < -0.3 is 20.5 Å². The Kier molecular flexibility index (Phi) is 3.57. The summed E-state index contributed by atoms with van der Waals surface area (Å²) in [6, 6.07) is 0. The fourth-order valence-corrected chi connectivity index (χ4v) is 1.30. The quantitative estimate of drug-likeness (QED) is 0.632. The molecule has 0 aromatic carbocycles. The summed E-state index contributed by atoms with van der Waals surface area (Å²) in [6.07, 6.45) is 0.123. The molecule has 5 heteroatoms. The zero-order valence-electron chi connectivity index (χ0n) is 9.59. The maximum absolute atomic E-state index is 11.2. The summed E-state index contributed by atoms with van der Waals surface area (Å²) in [5.74, 6) is 0. The molecule has 15 heavy (non-hydrogen) atoms. The summed E-state index contributed by atoms with van der Waals surface area (Å²) < 4.78 is 5.06. The molecule has 0 spiro atoms. The van der Waals surface area contributed by atoms with Crippen molar-refractivity contribution in [2.24, 2.45) is 0 Å². The van der Waals surface area contributed by atoms with E-state index in [0.29, 0.717) is 26.1 Å². The topological polar surface area (TPSA) is 70.6 Å². The lowest BCUT2D eigenvalue weighted by Crippen LogP contribution is -2.60. The van der Waals surface area contributed by atoms with Gasteiger partial charge in [-0.3, -0.25) is 0 Å². The second kappa shape index (κ2) is 4.37. The monoisotopic (exact) mass is 216 g/mol. The van der Waals surface area contributed by atoms with Crippen LogP contribution >= 0.6 is 0 Å². The molecule has 0 aromatic rings. The van der Waals surface area contributed by atoms with E-state index in [1.807, 2.05) is 20.8 Å². The van der Waals surface area contributed by atoms with Crippen LogP contribution in [0, 0.1) is 0 Å². The first-order chi connectivity index (χ1) is 6.81. The van der Waals surface area contributed by atoms with Gasteiger partial charge in [-0.2, -0.15) is 0 Å². The van der Waals surface area contributed by atoms with E-state index in [-0.39, 0.29) is 0 Å². The minimum atomic E-state index is -0.644. The largest absolute Gasteiger partial charge is 0.444 e. The Hall–Kier alpha value is -0.810. The lowest BCUT2D eigenvalue weighted by molar-refractivity contribution is -0.0171. The van der Waals surface area contributed by atoms with Crippen LogP contribution in [0.3, 0.4) is 0 Å². The molecule has 5 nitrogen and oxygen atoms in total. The summed E-state index contributed by atoms with van der Waals surface area (Å²) in [5.41, 5.74) is -1.12. The molecule has 0 bridgehead atoms. The van der Waals surface area contributed by atoms with Gasteiger partial charge in [-0.25, -0.2) is 4.79 Å². The second-order valence-corrected chi connectivity index (χ2v) is 5.01. The SMILES string of the molecule is CC(C)(C)OC(=O)NCCC1(O)CNC1. The third-order valence-electron chi connectivity index (χ3n) is 2.17. The number of nitrogens with one attached hydrogen (secondary N) is 2. The van der Waals surface area contributed by atoms with Crippen LogP contribution in [-0.2, 0) is 4.74 Å². The normalized spacial score (nSPS) is 19.2. The molecule has 1 saturated heterocycles. The van der Waals surface area contributed by atoms with Gasteiger partial charge >= 0.3 is 6.09 Å². The van der Waals surface area contributed by atoms with Gasteiger partial charge in [-0.05, 0) is 27.2 Å². The maximum Gasteiger partial charge on any atom is 0.407 e. The Bertz CT molecular complexity index is 231. The summed E-state index contributed by atoms with van der Waals surface area (Å²) in [7, 11) is 0. The fraction of sp³-hybridized carbons (Fsp3) is 0.900. The van der Waals surface area contributed by atoms with Crippen LogP contribution in [0.25, 0.3) is 0 Å². The van der Waals surface area contributed by atoms with Gasteiger partial charge in [0.05, 0.1) is 5.60 Å². The average Bonchev–Trinajstić information content (AvgIpc) is 1.97. The van der Waals surface area contributed by atoms with Crippen molar-refractivity contribution in [1.29, 1.82) is 0 Å². The molecule has 1 aliphatic heterocycles. The molecule has 0 aromatic heterocycles. The number of hydrogen-bond acceptors (Lipinski definition) is 4. The number of rotatable bonds is 3. The van der Waals surface area contributed by atoms with Crippen LogP contribution < -0.4 is 10.6 Å². The first kappa shape index (κ1) is 12.3. The molecule has 0 saturated carbocycles. The van der Waals surface area contributed by atoms with Crippen molar-refractivity contribution >= 4 is 6.09 Å². The Morgan fingerprint density at radius 2 is 2.13 bits per heavy atom. The number of amides is 1. The number of carbonyl (C=O) groups excluding carboxylic acids is 1.